The highest BCUT2D eigenvalue weighted by molar-refractivity contribution is 5.83. The molecule has 0 N–H and O–H groups in total. The van der Waals surface area contributed by atoms with Gasteiger partial charge < -0.3 is 4.74 Å². The van der Waals surface area contributed by atoms with Crippen LogP contribution in [0.1, 0.15) is 19.8 Å². The highest BCUT2D eigenvalue weighted by Gasteiger charge is 2.12. The van der Waals surface area contributed by atoms with Crippen molar-refractivity contribution in [3.05, 3.63) is 22.9 Å². The Kier molecular flexibility index (Phi) is 4.46. The van der Waals surface area contributed by atoms with Gasteiger partial charge in [0, 0.05) is 13.5 Å². The summed E-state index contributed by atoms with van der Waals surface area (Å²) in [5.74, 6) is -0.644. The largest absolute Gasteiger partial charge is 0.466 e. The molecule has 0 radical (unpaired) electrons. The zero-order valence-corrected chi connectivity index (χ0v) is 11.9. The number of carbonyl (C=O) groups is 2. The molecule has 8 nitrogen and oxygen atoms in total. The van der Waals surface area contributed by atoms with E-state index in [2.05, 4.69) is 10.1 Å². The van der Waals surface area contributed by atoms with E-state index in [-0.39, 0.29) is 37.3 Å². The van der Waals surface area contributed by atoms with Crippen LogP contribution < -0.4 is 5.56 Å². The Morgan fingerprint density at radius 3 is 2.81 bits per heavy atom. The van der Waals surface area contributed by atoms with Gasteiger partial charge in [-0.3, -0.25) is 23.6 Å². The zero-order chi connectivity index (χ0) is 15.4. The first-order valence-corrected chi connectivity index (χ1v) is 6.57. The van der Waals surface area contributed by atoms with Gasteiger partial charge in [0.05, 0.1) is 25.8 Å². The minimum Gasteiger partial charge on any atom is -0.466 e. The van der Waals surface area contributed by atoms with Crippen LogP contribution >= 0.6 is 0 Å². The molecule has 21 heavy (non-hydrogen) atoms. The molecule has 2 aromatic heterocycles. The lowest BCUT2D eigenvalue weighted by atomic mass is 10.2. The van der Waals surface area contributed by atoms with Gasteiger partial charge in [0.15, 0.2) is 11.4 Å². The lowest BCUT2D eigenvalue weighted by Gasteiger charge is -2.05. The highest BCUT2D eigenvalue weighted by Crippen LogP contribution is 2.03. The molecular formula is C13H16N4O4. The van der Waals surface area contributed by atoms with Crippen LogP contribution in [0.25, 0.3) is 11.0 Å². The molecule has 112 valence electrons. The number of rotatable bonds is 6. The average Bonchev–Trinajstić information content (AvgIpc) is 2.82. The van der Waals surface area contributed by atoms with Crippen molar-refractivity contribution in [1.82, 2.24) is 19.3 Å². The summed E-state index contributed by atoms with van der Waals surface area (Å²) in [6.07, 6.45) is 2.79. The van der Waals surface area contributed by atoms with Crippen molar-refractivity contribution >= 4 is 22.8 Å². The van der Waals surface area contributed by atoms with E-state index in [1.54, 1.807) is 14.0 Å². The Labute approximate surface area is 120 Å². The second kappa shape index (κ2) is 6.29. The van der Waals surface area contributed by atoms with E-state index in [0.717, 1.165) is 0 Å². The third-order valence-corrected chi connectivity index (χ3v) is 2.98. The first kappa shape index (κ1) is 14.9. The number of ketones is 1. The minimum absolute atomic E-state index is 0.0178. The molecule has 0 aliphatic rings. The van der Waals surface area contributed by atoms with Crippen molar-refractivity contribution in [2.24, 2.45) is 7.05 Å². The van der Waals surface area contributed by atoms with Crippen molar-refractivity contribution in [3.63, 3.8) is 0 Å². The topological polar surface area (TPSA) is 96.1 Å². The van der Waals surface area contributed by atoms with Gasteiger partial charge in [-0.2, -0.15) is 5.10 Å². The van der Waals surface area contributed by atoms with E-state index in [4.69, 9.17) is 4.74 Å². The SMILES string of the molecule is CCOC(=O)CCC(=O)Cn1cnc2c(cnn2C)c1=O. The summed E-state index contributed by atoms with van der Waals surface area (Å²) >= 11 is 0. The van der Waals surface area contributed by atoms with Crippen molar-refractivity contribution in [2.75, 3.05) is 6.61 Å². The van der Waals surface area contributed by atoms with E-state index in [9.17, 15) is 14.4 Å². The number of fused-ring (bicyclic) bond motifs is 1. The van der Waals surface area contributed by atoms with Crippen LogP contribution in [0.15, 0.2) is 17.3 Å². The molecule has 0 unspecified atom stereocenters. The maximum atomic E-state index is 12.1. The minimum atomic E-state index is -0.418. The fraction of sp³-hybridized carbons (Fsp3) is 0.462. The van der Waals surface area contributed by atoms with Crippen LogP contribution in [-0.4, -0.2) is 37.7 Å². The van der Waals surface area contributed by atoms with Gasteiger partial charge in [-0.25, -0.2) is 4.98 Å². The molecule has 0 saturated heterocycles. The maximum absolute atomic E-state index is 12.1. The summed E-state index contributed by atoms with van der Waals surface area (Å²) < 4.78 is 7.45. The molecular weight excluding hydrogens is 276 g/mol. The second-order valence-corrected chi connectivity index (χ2v) is 4.53. The van der Waals surface area contributed by atoms with Crippen molar-refractivity contribution in [1.29, 1.82) is 0 Å². The molecule has 0 aliphatic heterocycles. The number of hydrogen-bond donors (Lipinski definition) is 0. The molecule has 2 heterocycles. The van der Waals surface area contributed by atoms with Gasteiger partial charge in [0.2, 0.25) is 0 Å². The summed E-state index contributed by atoms with van der Waals surface area (Å²) in [7, 11) is 1.68. The Balaban J connectivity index is 2.06. The molecule has 2 rings (SSSR count). The highest BCUT2D eigenvalue weighted by atomic mass is 16.5. The summed E-state index contributed by atoms with van der Waals surface area (Å²) in [4.78, 5) is 39.2. The number of ether oxygens (including phenoxy) is 1. The van der Waals surface area contributed by atoms with Gasteiger partial charge in [-0.15, -0.1) is 0 Å². The van der Waals surface area contributed by atoms with Crippen LogP contribution in [0.2, 0.25) is 0 Å². The van der Waals surface area contributed by atoms with E-state index in [1.807, 2.05) is 0 Å². The van der Waals surface area contributed by atoms with Crippen molar-refractivity contribution in [2.45, 2.75) is 26.3 Å². The molecule has 0 bridgehead atoms. The Morgan fingerprint density at radius 2 is 2.10 bits per heavy atom. The molecule has 0 saturated carbocycles. The molecule has 8 heteroatoms. The Morgan fingerprint density at radius 1 is 1.33 bits per heavy atom. The number of aryl methyl sites for hydroxylation is 1. The first-order chi connectivity index (χ1) is 10.0. The predicted octanol–water partition coefficient (Wildman–Crippen LogP) is 0.0424. The molecule has 0 atom stereocenters. The zero-order valence-electron chi connectivity index (χ0n) is 11.9. The second-order valence-electron chi connectivity index (χ2n) is 4.53. The monoisotopic (exact) mass is 292 g/mol. The number of nitrogens with zero attached hydrogens (tertiary/aromatic N) is 4. The summed E-state index contributed by atoms with van der Waals surface area (Å²) in [6, 6.07) is 0. The third kappa shape index (κ3) is 3.33. The van der Waals surface area contributed by atoms with Gasteiger partial charge in [0.1, 0.15) is 11.7 Å². The Bertz CT molecular complexity index is 731. The number of Topliss-reactive ketones (excluding diaryl/α,β-unsaturated/α-hetero) is 1. The van der Waals surface area contributed by atoms with Crippen LogP contribution in [0, 0.1) is 0 Å². The van der Waals surface area contributed by atoms with Crippen LogP contribution in [0.3, 0.4) is 0 Å². The van der Waals surface area contributed by atoms with Crippen molar-refractivity contribution < 1.29 is 14.3 Å². The molecule has 2 aromatic rings. The lowest BCUT2D eigenvalue weighted by Crippen LogP contribution is -2.25. The number of carbonyl (C=O) groups excluding carboxylic acids is 2. The average molecular weight is 292 g/mol. The van der Waals surface area contributed by atoms with Crippen molar-refractivity contribution in [3.8, 4) is 0 Å². The lowest BCUT2D eigenvalue weighted by molar-refractivity contribution is -0.144. The predicted molar refractivity (Wildman–Crippen MR) is 73.6 cm³/mol. The summed E-state index contributed by atoms with van der Waals surface area (Å²) in [5, 5.41) is 4.31. The molecule has 0 amide bonds. The fourth-order valence-corrected chi connectivity index (χ4v) is 1.92. The quantitative estimate of drug-likeness (QED) is 0.698. The number of esters is 1. The number of hydrogen-bond acceptors (Lipinski definition) is 6. The number of aromatic nitrogens is 4. The van der Waals surface area contributed by atoms with E-state index in [1.165, 1.54) is 21.8 Å². The van der Waals surface area contributed by atoms with Gasteiger partial charge in [0.25, 0.3) is 5.56 Å². The van der Waals surface area contributed by atoms with Crippen LogP contribution in [-0.2, 0) is 27.9 Å². The fourth-order valence-electron chi connectivity index (χ4n) is 1.92. The van der Waals surface area contributed by atoms with E-state index >= 15 is 0 Å². The third-order valence-electron chi connectivity index (χ3n) is 2.98. The Hall–Kier alpha value is -2.51. The van der Waals surface area contributed by atoms with E-state index < -0.39 is 5.97 Å². The smallest absolute Gasteiger partial charge is 0.306 e. The maximum Gasteiger partial charge on any atom is 0.306 e. The first-order valence-electron chi connectivity index (χ1n) is 6.57. The van der Waals surface area contributed by atoms with Crippen LogP contribution in [0.4, 0.5) is 0 Å². The molecule has 0 aliphatic carbocycles. The summed E-state index contributed by atoms with van der Waals surface area (Å²) in [6.45, 7) is 1.87. The standard InChI is InChI=1S/C13H16N4O4/c1-3-21-11(19)5-4-9(18)7-17-8-14-12-10(13(17)20)6-15-16(12)2/h6,8H,3-5,7H2,1-2H3. The summed E-state index contributed by atoms with van der Waals surface area (Å²) in [5.41, 5.74) is 0.146. The normalized spacial score (nSPS) is 10.8. The molecule has 0 spiro atoms. The van der Waals surface area contributed by atoms with Crippen LogP contribution in [0.5, 0.6) is 0 Å². The van der Waals surface area contributed by atoms with Gasteiger partial charge in [-0.1, -0.05) is 0 Å². The molecule has 0 fully saturated rings. The van der Waals surface area contributed by atoms with Gasteiger partial charge in [-0.05, 0) is 6.92 Å². The van der Waals surface area contributed by atoms with E-state index in [0.29, 0.717) is 11.0 Å². The van der Waals surface area contributed by atoms with Gasteiger partial charge >= 0.3 is 5.97 Å². The molecule has 0 aromatic carbocycles.